The lowest BCUT2D eigenvalue weighted by Crippen LogP contribution is -1.99. The quantitative estimate of drug-likeness (QED) is 0.647. The summed E-state index contributed by atoms with van der Waals surface area (Å²) in [6.07, 6.45) is 1.25. The molecule has 1 unspecified atom stereocenters. The van der Waals surface area contributed by atoms with Gasteiger partial charge in [-0.05, 0) is 46.9 Å². The molecule has 0 aliphatic carbocycles. The third kappa shape index (κ3) is 3.83. The third-order valence-corrected chi connectivity index (χ3v) is 5.74. The molecule has 0 aliphatic heterocycles. The number of rotatable bonds is 4. The van der Waals surface area contributed by atoms with Gasteiger partial charge in [0.2, 0.25) is 0 Å². The van der Waals surface area contributed by atoms with Gasteiger partial charge in [0.25, 0.3) is 0 Å². The van der Waals surface area contributed by atoms with E-state index in [1.54, 1.807) is 12.1 Å². The Morgan fingerprint density at radius 1 is 0.800 bits per heavy atom. The van der Waals surface area contributed by atoms with Crippen LogP contribution < -0.4 is 0 Å². The SMILES string of the molecule is Cc1ccc(S(C)(=O)=O)cc1-c1cccc(C(C)c2ccccc2)c1. The molecule has 0 bridgehead atoms. The van der Waals surface area contributed by atoms with Crippen molar-refractivity contribution >= 4 is 9.84 Å². The van der Waals surface area contributed by atoms with Gasteiger partial charge in [0.05, 0.1) is 4.90 Å². The summed E-state index contributed by atoms with van der Waals surface area (Å²) in [6.45, 7) is 4.20. The lowest BCUT2D eigenvalue weighted by molar-refractivity contribution is 0.602. The number of benzene rings is 3. The molecule has 0 spiro atoms. The first-order chi connectivity index (χ1) is 11.9. The fourth-order valence-electron chi connectivity index (χ4n) is 3.05. The maximum absolute atomic E-state index is 11.9. The summed E-state index contributed by atoms with van der Waals surface area (Å²) < 4.78 is 23.8. The molecule has 0 N–H and O–H groups in total. The Hall–Kier alpha value is -2.39. The summed E-state index contributed by atoms with van der Waals surface area (Å²) in [4.78, 5) is 0.356. The van der Waals surface area contributed by atoms with Crippen molar-refractivity contribution in [3.05, 3.63) is 89.5 Å². The molecule has 0 heterocycles. The number of hydrogen-bond donors (Lipinski definition) is 0. The van der Waals surface area contributed by atoms with Gasteiger partial charge in [-0.15, -0.1) is 0 Å². The molecule has 1 atom stereocenters. The van der Waals surface area contributed by atoms with Crippen molar-refractivity contribution in [2.75, 3.05) is 6.26 Å². The van der Waals surface area contributed by atoms with Gasteiger partial charge >= 0.3 is 0 Å². The molecule has 3 aromatic carbocycles. The molecule has 0 aromatic heterocycles. The molecule has 0 saturated carbocycles. The smallest absolute Gasteiger partial charge is 0.175 e. The van der Waals surface area contributed by atoms with E-state index < -0.39 is 9.84 Å². The summed E-state index contributed by atoms with van der Waals surface area (Å²) in [6, 6.07) is 24.1. The van der Waals surface area contributed by atoms with E-state index in [4.69, 9.17) is 0 Å². The summed E-state index contributed by atoms with van der Waals surface area (Å²) >= 11 is 0. The standard InChI is InChI=1S/C22H22O2S/c1-16-12-13-21(25(3,23)24)15-22(16)20-11-7-10-19(14-20)17(2)18-8-5-4-6-9-18/h4-15,17H,1-3H3. The van der Waals surface area contributed by atoms with Gasteiger partial charge in [-0.3, -0.25) is 0 Å². The highest BCUT2D eigenvalue weighted by Crippen LogP contribution is 2.31. The summed E-state index contributed by atoms with van der Waals surface area (Å²) in [5, 5.41) is 0. The Labute approximate surface area is 150 Å². The average molecular weight is 350 g/mol. The Morgan fingerprint density at radius 3 is 2.16 bits per heavy atom. The van der Waals surface area contributed by atoms with Crippen LogP contribution in [0.3, 0.4) is 0 Å². The Bertz CT molecular complexity index is 990. The normalized spacial score (nSPS) is 12.8. The fraction of sp³-hybridized carbons (Fsp3) is 0.182. The summed E-state index contributed by atoms with van der Waals surface area (Å²) in [5.74, 6) is 0.277. The molecule has 128 valence electrons. The van der Waals surface area contributed by atoms with Crippen LogP contribution in [0.4, 0.5) is 0 Å². The van der Waals surface area contributed by atoms with Crippen molar-refractivity contribution in [1.82, 2.24) is 0 Å². The summed E-state index contributed by atoms with van der Waals surface area (Å²) in [5.41, 5.74) is 5.55. The Morgan fingerprint density at radius 2 is 1.48 bits per heavy atom. The van der Waals surface area contributed by atoms with Crippen LogP contribution in [0.1, 0.15) is 29.5 Å². The maximum atomic E-state index is 11.9. The highest BCUT2D eigenvalue weighted by Gasteiger charge is 2.13. The highest BCUT2D eigenvalue weighted by molar-refractivity contribution is 7.90. The molecule has 2 nitrogen and oxygen atoms in total. The summed E-state index contributed by atoms with van der Waals surface area (Å²) in [7, 11) is -3.22. The van der Waals surface area contributed by atoms with Crippen LogP contribution in [0.25, 0.3) is 11.1 Å². The molecule has 3 heteroatoms. The molecular formula is C22H22O2S. The van der Waals surface area contributed by atoms with E-state index in [9.17, 15) is 8.42 Å². The van der Waals surface area contributed by atoms with Gasteiger partial charge in [0.1, 0.15) is 0 Å². The molecule has 25 heavy (non-hydrogen) atoms. The van der Waals surface area contributed by atoms with Crippen LogP contribution in [0.2, 0.25) is 0 Å². The second-order valence-electron chi connectivity index (χ2n) is 6.51. The fourth-order valence-corrected chi connectivity index (χ4v) is 3.70. The van der Waals surface area contributed by atoms with E-state index in [0.717, 1.165) is 16.7 Å². The first kappa shape index (κ1) is 17.4. The van der Waals surface area contributed by atoms with Crippen molar-refractivity contribution in [1.29, 1.82) is 0 Å². The second kappa shape index (κ2) is 6.85. The van der Waals surface area contributed by atoms with Gasteiger partial charge in [-0.2, -0.15) is 0 Å². The predicted octanol–water partition coefficient (Wildman–Crippen LogP) is 5.22. The second-order valence-corrected chi connectivity index (χ2v) is 8.52. The van der Waals surface area contributed by atoms with Gasteiger partial charge in [0.15, 0.2) is 9.84 Å². The number of aryl methyl sites for hydroxylation is 1. The number of sulfone groups is 1. The highest BCUT2D eigenvalue weighted by atomic mass is 32.2. The topological polar surface area (TPSA) is 34.1 Å². The van der Waals surface area contributed by atoms with Crippen LogP contribution in [0, 0.1) is 6.92 Å². The predicted molar refractivity (Wildman–Crippen MR) is 104 cm³/mol. The first-order valence-corrected chi connectivity index (χ1v) is 10.2. The zero-order valence-corrected chi connectivity index (χ0v) is 15.5. The molecule has 3 aromatic rings. The zero-order chi connectivity index (χ0) is 18.0. The van der Waals surface area contributed by atoms with Crippen molar-refractivity contribution < 1.29 is 8.42 Å². The Balaban J connectivity index is 2.06. The molecule has 3 rings (SSSR count). The van der Waals surface area contributed by atoms with Gasteiger partial charge < -0.3 is 0 Å². The average Bonchev–Trinajstić information content (AvgIpc) is 2.61. The van der Waals surface area contributed by atoms with Gasteiger partial charge in [0, 0.05) is 12.2 Å². The van der Waals surface area contributed by atoms with Crippen molar-refractivity contribution in [3.63, 3.8) is 0 Å². The van der Waals surface area contributed by atoms with E-state index in [0.29, 0.717) is 4.90 Å². The molecule has 0 radical (unpaired) electrons. The molecule has 0 aliphatic rings. The van der Waals surface area contributed by atoms with Crippen LogP contribution in [0.15, 0.2) is 77.7 Å². The molecule has 0 fully saturated rings. The van der Waals surface area contributed by atoms with E-state index >= 15 is 0 Å². The maximum Gasteiger partial charge on any atom is 0.175 e. The molecule has 0 saturated heterocycles. The van der Waals surface area contributed by atoms with Crippen LogP contribution >= 0.6 is 0 Å². The minimum absolute atomic E-state index is 0.277. The van der Waals surface area contributed by atoms with Crippen LogP contribution in [0.5, 0.6) is 0 Å². The third-order valence-electron chi connectivity index (χ3n) is 4.63. The zero-order valence-electron chi connectivity index (χ0n) is 14.7. The van der Waals surface area contributed by atoms with Crippen LogP contribution in [-0.2, 0) is 9.84 Å². The largest absolute Gasteiger partial charge is 0.224 e. The monoisotopic (exact) mass is 350 g/mol. The van der Waals surface area contributed by atoms with E-state index in [1.807, 2.05) is 31.2 Å². The van der Waals surface area contributed by atoms with Gasteiger partial charge in [-0.25, -0.2) is 8.42 Å². The number of hydrogen-bond acceptors (Lipinski definition) is 2. The molecular weight excluding hydrogens is 328 g/mol. The van der Waals surface area contributed by atoms with Crippen molar-refractivity contribution in [2.45, 2.75) is 24.7 Å². The Kier molecular flexibility index (Phi) is 4.78. The molecule has 0 amide bonds. The van der Waals surface area contributed by atoms with Crippen molar-refractivity contribution in [2.24, 2.45) is 0 Å². The van der Waals surface area contributed by atoms with Crippen molar-refractivity contribution in [3.8, 4) is 11.1 Å². The first-order valence-electron chi connectivity index (χ1n) is 8.32. The minimum Gasteiger partial charge on any atom is -0.224 e. The van der Waals surface area contributed by atoms with E-state index in [2.05, 4.69) is 43.3 Å². The minimum atomic E-state index is -3.22. The van der Waals surface area contributed by atoms with Gasteiger partial charge in [-0.1, -0.05) is 67.6 Å². The lowest BCUT2D eigenvalue weighted by atomic mass is 9.90. The van der Waals surface area contributed by atoms with E-state index in [-0.39, 0.29) is 5.92 Å². The van der Waals surface area contributed by atoms with E-state index in [1.165, 1.54) is 17.4 Å². The van der Waals surface area contributed by atoms with Crippen LogP contribution in [-0.4, -0.2) is 14.7 Å². The lowest BCUT2D eigenvalue weighted by Gasteiger charge is -2.15.